The van der Waals surface area contributed by atoms with Gasteiger partial charge >= 0.3 is 5.97 Å². The number of benzene rings is 3. The Labute approximate surface area is 228 Å². The summed E-state index contributed by atoms with van der Waals surface area (Å²) in [6.07, 6.45) is 1.74. The third-order valence-electron chi connectivity index (χ3n) is 5.70. The standard InChI is InChI=1S/C31H31N3O5/c1-3-15-39-31(37)26-14-8-11-24(17-26)20-38-21-27(19-32)33-30(36)28(18-23-10-7-9-22(2)16-23)34-29(35)25-12-5-4-6-13-25/h3-14,16-17,27-28H,1,15,18,20-21H2,2H3,(H,33,36)(H,34,35)/t27-,28+/m1/s1. The fourth-order valence-corrected chi connectivity index (χ4v) is 3.80. The van der Waals surface area contributed by atoms with Gasteiger partial charge in [0.05, 0.1) is 24.8 Å². The highest BCUT2D eigenvalue weighted by molar-refractivity contribution is 5.97. The molecule has 0 heterocycles. The summed E-state index contributed by atoms with van der Waals surface area (Å²) in [5, 5.41) is 15.1. The van der Waals surface area contributed by atoms with Crippen molar-refractivity contribution >= 4 is 17.8 Å². The third kappa shape index (κ3) is 9.26. The maximum Gasteiger partial charge on any atom is 0.338 e. The number of carbonyl (C=O) groups is 3. The van der Waals surface area contributed by atoms with Crippen molar-refractivity contribution in [1.82, 2.24) is 10.6 Å². The molecule has 3 aromatic carbocycles. The smallest absolute Gasteiger partial charge is 0.338 e. The van der Waals surface area contributed by atoms with E-state index < -0.39 is 24.0 Å². The minimum Gasteiger partial charge on any atom is -0.458 e. The molecule has 0 saturated carbocycles. The van der Waals surface area contributed by atoms with Gasteiger partial charge in [0.1, 0.15) is 18.7 Å². The number of hydrogen-bond donors (Lipinski definition) is 2. The first-order chi connectivity index (χ1) is 18.9. The van der Waals surface area contributed by atoms with Crippen molar-refractivity contribution in [3.8, 4) is 6.07 Å². The minimum atomic E-state index is -0.952. The van der Waals surface area contributed by atoms with Crippen LogP contribution in [-0.4, -0.2) is 43.1 Å². The van der Waals surface area contributed by atoms with Crippen LogP contribution in [0.3, 0.4) is 0 Å². The molecule has 3 rings (SSSR count). The van der Waals surface area contributed by atoms with E-state index in [-0.39, 0.29) is 32.1 Å². The average molecular weight is 526 g/mol. The fraction of sp³-hybridized carbons (Fsp3) is 0.226. The predicted octanol–water partition coefficient (Wildman–Crippen LogP) is 3.90. The first-order valence-corrected chi connectivity index (χ1v) is 12.5. The van der Waals surface area contributed by atoms with E-state index >= 15 is 0 Å². The molecular formula is C31H31N3O5. The summed E-state index contributed by atoms with van der Waals surface area (Å²) in [6, 6.07) is 23.2. The van der Waals surface area contributed by atoms with Crippen LogP contribution in [0.25, 0.3) is 0 Å². The summed E-state index contributed by atoms with van der Waals surface area (Å²) in [4.78, 5) is 38.1. The van der Waals surface area contributed by atoms with Gasteiger partial charge in [-0.05, 0) is 42.3 Å². The predicted molar refractivity (Wildman–Crippen MR) is 147 cm³/mol. The zero-order valence-electron chi connectivity index (χ0n) is 21.8. The molecule has 0 unspecified atom stereocenters. The van der Waals surface area contributed by atoms with Crippen molar-refractivity contribution in [2.24, 2.45) is 0 Å². The van der Waals surface area contributed by atoms with Gasteiger partial charge in [0.2, 0.25) is 5.91 Å². The van der Waals surface area contributed by atoms with Crippen LogP contribution in [0.1, 0.15) is 37.4 Å². The van der Waals surface area contributed by atoms with E-state index in [1.807, 2.05) is 37.3 Å². The first-order valence-electron chi connectivity index (χ1n) is 12.5. The summed E-state index contributed by atoms with van der Waals surface area (Å²) in [7, 11) is 0. The fourth-order valence-electron chi connectivity index (χ4n) is 3.80. The molecule has 3 aromatic rings. The van der Waals surface area contributed by atoms with Crippen LogP contribution in [0.4, 0.5) is 0 Å². The Morgan fingerprint density at radius 3 is 2.38 bits per heavy atom. The van der Waals surface area contributed by atoms with Gasteiger partial charge in [0.25, 0.3) is 5.91 Å². The maximum absolute atomic E-state index is 13.2. The summed E-state index contributed by atoms with van der Waals surface area (Å²) < 4.78 is 10.7. The second-order valence-corrected chi connectivity index (χ2v) is 8.88. The number of amides is 2. The van der Waals surface area contributed by atoms with Gasteiger partial charge in [-0.15, -0.1) is 0 Å². The lowest BCUT2D eigenvalue weighted by atomic mass is 10.0. The quantitative estimate of drug-likeness (QED) is 0.258. The monoisotopic (exact) mass is 525 g/mol. The SMILES string of the molecule is C=CCOC(=O)c1cccc(COC[C@@H](C#N)NC(=O)[C@H](Cc2cccc(C)c2)NC(=O)c2ccccc2)c1. The number of esters is 1. The maximum atomic E-state index is 13.2. The van der Waals surface area contributed by atoms with Gasteiger partial charge in [0.15, 0.2) is 0 Å². The summed E-state index contributed by atoms with van der Waals surface area (Å²) in [6.45, 7) is 5.61. The summed E-state index contributed by atoms with van der Waals surface area (Å²) in [5.41, 5.74) is 3.41. The second-order valence-electron chi connectivity index (χ2n) is 8.88. The Hall–Kier alpha value is -4.74. The number of rotatable bonds is 13. The van der Waals surface area contributed by atoms with Gasteiger partial charge in [-0.1, -0.05) is 72.8 Å². The molecule has 0 fully saturated rings. The number of ether oxygens (including phenoxy) is 2. The molecule has 0 saturated heterocycles. The molecule has 2 N–H and O–H groups in total. The Morgan fingerprint density at radius 1 is 0.949 bits per heavy atom. The highest BCUT2D eigenvalue weighted by atomic mass is 16.5. The van der Waals surface area contributed by atoms with Gasteiger partial charge < -0.3 is 20.1 Å². The molecule has 0 bridgehead atoms. The molecule has 8 heteroatoms. The minimum absolute atomic E-state index is 0.0861. The lowest BCUT2D eigenvalue weighted by molar-refractivity contribution is -0.123. The van der Waals surface area contributed by atoms with Crippen LogP contribution in [0.2, 0.25) is 0 Å². The average Bonchev–Trinajstić information content (AvgIpc) is 2.95. The molecule has 39 heavy (non-hydrogen) atoms. The molecular weight excluding hydrogens is 494 g/mol. The van der Waals surface area contributed by atoms with Crippen molar-refractivity contribution in [3.05, 3.63) is 119 Å². The van der Waals surface area contributed by atoms with Crippen molar-refractivity contribution < 1.29 is 23.9 Å². The third-order valence-corrected chi connectivity index (χ3v) is 5.70. The van der Waals surface area contributed by atoms with Gasteiger partial charge in [-0.3, -0.25) is 9.59 Å². The van der Waals surface area contributed by atoms with Crippen LogP contribution in [0.15, 0.2) is 91.5 Å². The van der Waals surface area contributed by atoms with E-state index in [4.69, 9.17) is 9.47 Å². The van der Waals surface area contributed by atoms with Crippen LogP contribution in [0, 0.1) is 18.3 Å². The van der Waals surface area contributed by atoms with Crippen molar-refractivity contribution in [3.63, 3.8) is 0 Å². The largest absolute Gasteiger partial charge is 0.458 e. The van der Waals surface area contributed by atoms with E-state index in [1.165, 1.54) is 6.08 Å². The number of nitrogens with one attached hydrogen (secondary N) is 2. The van der Waals surface area contributed by atoms with Crippen LogP contribution in [-0.2, 0) is 27.3 Å². The summed E-state index contributed by atoms with van der Waals surface area (Å²) in [5.74, 6) is -1.36. The Morgan fingerprint density at radius 2 is 1.67 bits per heavy atom. The Balaban J connectivity index is 1.62. The topological polar surface area (TPSA) is 118 Å². The highest BCUT2D eigenvalue weighted by Gasteiger charge is 2.24. The number of carbonyl (C=O) groups excluding carboxylic acids is 3. The van der Waals surface area contributed by atoms with Crippen molar-refractivity contribution in [1.29, 1.82) is 5.26 Å². The lowest BCUT2D eigenvalue weighted by Crippen LogP contribution is -2.51. The van der Waals surface area contributed by atoms with Crippen LogP contribution in [0.5, 0.6) is 0 Å². The molecule has 0 radical (unpaired) electrons. The molecule has 0 aliphatic heterocycles. The molecule has 0 aliphatic carbocycles. The summed E-state index contributed by atoms with van der Waals surface area (Å²) >= 11 is 0. The number of nitrogens with zero attached hydrogens (tertiary/aromatic N) is 1. The van der Waals surface area contributed by atoms with Crippen molar-refractivity contribution in [2.45, 2.75) is 32.0 Å². The highest BCUT2D eigenvalue weighted by Crippen LogP contribution is 2.10. The van der Waals surface area contributed by atoms with Gasteiger partial charge in [0, 0.05) is 12.0 Å². The van der Waals surface area contributed by atoms with E-state index in [0.29, 0.717) is 16.7 Å². The molecule has 200 valence electrons. The molecule has 0 spiro atoms. The molecule has 0 aromatic heterocycles. The van der Waals surface area contributed by atoms with E-state index in [9.17, 15) is 19.6 Å². The van der Waals surface area contributed by atoms with Gasteiger partial charge in [-0.25, -0.2) is 4.79 Å². The van der Waals surface area contributed by atoms with E-state index in [1.54, 1.807) is 54.6 Å². The van der Waals surface area contributed by atoms with Crippen molar-refractivity contribution in [2.75, 3.05) is 13.2 Å². The zero-order chi connectivity index (χ0) is 28.0. The Kier molecular flexibility index (Phi) is 11.0. The number of nitriles is 1. The molecule has 0 aliphatic rings. The normalized spacial score (nSPS) is 11.9. The number of hydrogen-bond acceptors (Lipinski definition) is 6. The second kappa shape index (κ2) is 14.9. The lowest BCUT2D eigenvalue weighted by Gasteiger charge is -2.21. The molecule has 2 amide bonds. The van der Waals surface area contributed by atoms with Crippen LogP contribution < -0.4 is 10.6 Å². The van der Waals surface area contributed by atoms with E-state index in [0.717, 1.165) is 11.1 Å². The first kappa shape index (κ1) is 28.8. The Bertz CT molecular complexity index is 1330. The molecule has 8 nitrogen and oxygen atoms in total. The zero-order valence-corrected chi connectivity index (χ0v) is 21.8. The number of aryl methyl sites for hydroxylation is 1. The van der Waals surface area contributed by atoms with Crippen LogP contribution >= 0.6 is 0 Å². The molecule has 2 atom stereocenters. The van der Waals surface area contributed by atoms with E-state index in [2.05, 4.69) is 17.2 Å². The van der Waals surface area contributed by atoms with Gasteiger partial charge in [-0.2, -0.15) is 5.26 Å².